The minimum absolute atomic E-state index is 0. The third kappa shape index (κ3) is 4.67. The number of aromatic nitrogens is 3. The Morgan fingerprint density at radius 3 is 2.87 bits per heavy atom. The molecule has 0 radical (unpaired) electrons. The van der Waals surface area contributed by atoms with Crippen LogP contribution in [0.15, 0.2) is 12.4 Å². The van der Waals surface area contributed by atoms with Crippen LogP contribution < -0.4 is 10.6 Å². The monoisotopic (exact) mass is 377 g/mol. The normalized spacial score (nSPS) is 17.0. The van der Waals surface area contributed by atoms with Gasteiger partial charge in [-0.3, -0.25) is 9.48 Å². The van der Waals surface area contributed by atoms with Crippen molar-refractivity contribution in [3.05, 3.63) is 23.0 Å². The number of hydrogen-bond donors (Lipinski definition) is 2. The Morgan fingerprint density at radius 1 is 1.48 bits per heavy atom. The van der Waals surface area contributed by atoms with Crippen LogP contribution in [0.3, 0.4) is 0 Å². The predicted molar refractivity (Wildman–Crippen MR) is 96.9 cm³/mol. The number of amides is 1. The van der Waals surface area contributed by atoms with Gasteiger partial charge in [0.15, 0.2) is 0 Å². The van der Waals surface area contributed by atoms with E-state index in [1.807, 2.05) is 20.2 Å². The van der Waals surface area contributed by atoms with E-state index in [0.29, 0.717) is 4.88 Å². The lowest BCUT2D eigenvalue weighted by Gasteiger charge is -2.23. The number of carbonyl (C=O) groups excluding carboxylic acids is 1. The van der Waals surface area contributed by atoms with Crippen LogP contribution in [0, 0.1) is 6.92 Å². The molecular formula is C14H21Cl2N5OS. The molecule has 0 saturated carbocycles. The fourth-order valence-corrected chi connectivity index (χ4v) is 3.43. The summed E-state index contributed by atoms with van der Waals surface area (Å²) in [5.41, 5.74) is 1.73. The number of nitrogens with zero attached hydrogens (tertiary/aromatic N) is 3. The highest BCUT2D eigenvalue weighted by Gasteiger charge is 2.21. The van der Waals surface area contributed by atoms with E-state index in [2.05, 4.69) is 20.7 Å². The summed E-state index contributed by atoms with van der Waals surface area (Å²) in [5, 5.41) is 11.4. The molecule has 2 aromatic rings. The molecule has 1 atom stereocenters. The van der Waals surface area contributed by atoms with Crippen molar-refractivity contribution in [3.8, 4) is 10.6 Å². The summed E-state index contributed by atoms with van der Waals surface area (Å²) in [5.74, 6) is -0.0196. The number of thiazole rings is 1. The van der Waals surface area contributed by atoms with E-state index in [-0.39, 0.29) is 36.8 Å². The maximum absolute atomic E-state index is 12.4. The molecule has 1 saturated heterocycles. The SMILES string of the molecule is Cc1nc(-c2cnn(C)c2)sc1C(=O)N[C@H]1CCCNC1.Cl.Cl. The first-order valence-corrected chi connectivity index (χ1v) is 7.93. The molecule has 1 aliphatic rings. The molecule has 1 amide bonds. The van der Waals surface area contributed by atoms with Crippen LogP contribution in [0.1, 0.15) is 28.2 Å². The third-order valence-corrected chi connectivity index (χ3v) is 4.79. The van der Waals surface area contributed by atoms with E-state index >= 15 is 0 Å². The second-order valence-corrected chi connectivity index (χ2v) is 6.35. The summed E-state index contributed by atoms with van der Waals surface area (Å²) in [7, 11) is 1.87. The Hall–Kier alpha value is -1.15. The van der Waals surface area contributed by atoms with Gasteiger partial charge in [-0.15, -0.1) is 36.2 Å². The number of halogens is 2. The van der Waals surface area contributed by atoms with Gasteiger partial charge in [-0.1, -0.05) is 0 Å². The lowest BCUT2D eigenvalue weighted by molar-refractivity contribution is 0.0934. The Bertz CT molecular complexity index is 651. The summed E-state index contributed by atoms with van der Waals surface area (Å²) in [6, 6.07) is 0.217. The molecule has 0 bridgehead atoms. The molecule has 0 aliphatic carbocycles. The number of hydrogen-bond acceptors (Lipinski definition) is 5. The highest BCUT2D eigenvalue weighted by molar-refractivity contribution is 7.17. The second-order valence-electron chi connectivity index (χ2n) is 5.35. The fourth-order valence-electron chi connectivity index (χ4n) is 2.49. The molecule has 23 heavy (non-hydrogen) atoms. The standard InChI is InChI=1S/C14H19N5OS.2ClH/c1-9-12(13(20)18-11-4-3-5-15-7-11)21-14(17-9)10-6-16-19(2)8-10;;/h6,8,11,15H,3-5,7H2,1-2H3,(H,18,20);2*1H/t11-;;/m0../s1. The first-order valence-electron chi connectivity index (χ1n) is 7.11. The van der Waals surface area contributed by atoms with Crippen molar-refractivity contribution in [2.75, 3.05) is 13.1 Å². The van der Waals surface area contributed by atoms with Gasteiger partial charge in [0, 0.05) is 31.4 Å². The molecule has 3 rings (SSSR count). The number of nitrogens with one attached hydrogen (secondary N) is 2. The van der Waals surface area contributed by atoms with Crippen molar-refractivity contribution in [3.63, 3.8) is 0 Å². The van der Waals surface area contributed by atoms with Gasteiger partial charge in [-0.05, 0) is 26.3 Å². The van der Waals surface area contributed by atoms with Gasteiger partial charge in [-0.2, -0.15) is 5.10 Å². The average Bonchev–Trinajstić information content (AvgIpc) is 3.06. The Balaban J connectivity index is 0.00000132. The van der Waals surface area contributed by atoms with Crippen molar-refractivity contribution in [1.82, 2.24) is 25.4 Å². The highest BCUT2D eigenvalue weighted by Crippen LogP contribution is 2.27. The molecule has 6 nitrogen and oxygen atoms in total. The number of rotatable bonds is 3. The van der Waals surface area contributed by atoms with E-state index in [1.165, 1.54) is 11.3 Å². The number of piperidine rings is 1. The molecule has 0 spiro atoms. The Labute approximate surface area is 151 Å². The van der Waals surface area contributed by atoms with E-state index in [9.17, 15) is 4.79 Å². The Morgan fingerprint density at radius 2 is 2.26 bits per heavy atom. The molecule has 3 heterocycles. The molecular weight excluding hydrogens is 357 g/mol. The predicted octanol–water partition coefficient (Wildman–Crippen LogP) is 2.18. The largest absolute Gasteiger partial charge is 0.347 e. The van der Waals surface area contributed by atoms with Gasteiger partial charge >= 0.3 is 0 Å². The highest BCUT2D eigenvalue weighted by atomic mass is 35.5. The molecule has 128 valence electrons. The summed E-state index contributed by atoms with van der Waals surface area (Å²) in [6.07, 6.45) is 5.82. The molecule has 2 aromatic heterocycles. The zero-order chi connectivity index (χ0) is 14.8. The third-order valence-electron chi connectivity index (χ3n) is 3.59. The van der Waals surface area contributed by atoms with Crippen molar-refractivity contribution in [2.45, 2.75) is 25.8 Å². The fraction of sp³-hybridized carbons (Fsp3) is 0.500. The summed E-state index contributed by atoms with van der Waals surface area (Å²) < 4.78 is 1.74. The zero-order valence-electron chi connectivity index (χ0n) is 13.0. The number of aryl methyl sites for hydroxylation is 2. The van der Waals surface area contributed by atoms with Crippen molar-refractivity contribution >= 4 is 42.1 Å². The van der Waals surface area contributed by atoms with Crippen LogP contribution in [-0.4, -0.2) is 39.8 Å². The topological polar surface area (TPSA) is 71.8 Å². The smallest absolute Gasteiger partial charge is 0.263 e. The molecule has 0 aromatic carbocycles. The van der Waals surface area contributed by atoms with Gasteiger partial charge in [0.2, 0.25) is 0 Å². The van der Waals surface area contributed by atoms with Gasteiger partial charge in [-0.25, -0.2) is 4.98 Å². The van der Waals surface area contributed by atoms with Crippen LogP contribution in [-0.2, 0) is 7.05 Å². The summed E-state index contributed by atoms with van der Waals surface area (Å²) >= 11 is 1.43. The van der Waals surface area contributed by atoms with Gasteiger partial charge in [0.1, 0.15) is 9.88 Å². The maximum Gasteiger partial charge on any atom is 0.263 e. The summed E-state index contributed by atoms with van der Waals surface area (Å²) in [6.45, 7) is 3.76. The minimum Gasteiger partial charge on any atom is -0.347 e. The van der Waals surface area contributed by atoms with E-state index in [4.69, 9.17) is 0 Å². The van der Waals surface area contributed by atoms with Crippen molar-refractivity contribution < 1.29 is 4.79 Å². The molecule has 1 fully saturated rings. The van der Waals surface area contributed by atoms with Crippen LogP contribution in [0.25, 0.3) is 10.6 Å². The van der Waals surface area contributed by atoms with Gasteiger partial charge in [0.25, 0.3) is 5.91 Å². The molecule has 0 unspecified atom stereocenters. The van der Waals surface area contributed by atoms with E-state index < -0.39 is 0 Å². The van der Waals surface area contributed by atoms with Crippen LogP contribution in [0.5, 0.6) is 0 Å². The average molecular weight is 378 g/mol. The lowest BCUT2D eigenvalue weighted by atomic mass is 10.1. The Kier molecular flexibility index (Phi) is 7.47. The maximum atomic E-state index is 12.4. The first kappa shape index (κ1) is 19.9. The van der Waals surface area contributed by atoms with E-state index in [0.717, 1.165) is 42.2 Å². The lowest BCUT2D eigenvalue weighted by Crippen LogP contribution is -2.45. The quantitative estimate of drug-likeness (QED) is 0.859. The van der Waals surface area contributed by atoms with Crippen LogP contribution in [0.2, 0.25) is 0 Å². The minimum atomic E-state index is -0.0196. The molecule has 9 heteroatoms. The van der Waals surface area contributed by atoms with Crippen molar-refractivity contribution in [1.29, 1.82) is 0 Å². The number of carbonyl (C=O) groups is 1. The van der Waals surface area contributed by atoms with Crippen molar-refractivity contribution in [2.24, 2.45) is 7.05 Å². The van der Waals surface area contributed by atoms with Crippen LogP contribution >= 0.6 is 36.2 Å². The van der Waals surface area contributed by atoms with Crippen LogP contribution in [0.4, 0.5) is 0 Å². The second kappa shape index (κ2) is 8.63. The van der Waals surface area contributed by atoms with Gasteiger partial charge in [0.05, 0.1) is 11.9 Å². The summed E-state index contributed by atoms with van der Waals surface area (Å²) in [4.78, 5) is 17.6. The zero-order valence-corrected chi connectivity index (χ0v) is 15.5. The van der Waals surface area contributed by atoms with E-state index in [1.54, 1.807) is 10.9 Å². The molecule has 1 aliphatic heterocycles. The first-order chi connectivity index (χ1) is 10.1. The van der Waals surface area contributed by atoms with Gasteiger partial charge < -0.3 is 10.6 Å². The molecule has 2 N–H and O–H groups in total.